The van der Waals surface area contributed by atoms with Gasteiger partial charge in [-0.1, -0.05) is 39.0 Å². The topological polar surface area (TPSA) is 33.4 Å². The molecule has 1 aliphatic rings. The molecule has 2 aromatic rings. The number of rotatable bonds is 2. The van der Waals surface area contributed by atoms with Crippen molar-refractivity contribution < 1.29 is 9.52 Å². The van der Waals surface area contributed by atoms with Gasteiger partial charge in [-0.2, -0.15) is 0 Å². The fourth-order valence-corrected chi connectivity index (χ4v) is 3.11. The van der Waals surface area contributed by atoms with Crippen LogP contribution in [0.4, 0.5) is 0 Å². The Hall–Kier alpha value is -1.28. The molecule has 1 fully saturated rings. The van der Waals surface area contributed by atoms with Crippen LogP contribution in [0.3, 0.4) is 0 Å². The molecule has 0 radical (unpaired) electrons. The van der Waals surface area contributed by atoms with Gasteiger partial charge in [-0.05, 0) is 18.9 Å². The zero-order valence-electron chi connectivity index (χ0n) is 11.2. The Bertz CT molecular complexity index is 580. The first-order valence-corrected chi connectivity index (χ1v) is 6.74. The number of furan rings is 1. The Morgan fingerprint density at radius 3 is 2.67 bits per heavy atom. The standard InChI is InChI=1S/C16H20O2/c1-4-10-11-7-5-6-8-13(11)18-15(10)12-9-14(17)16(12,2)3/h5-8,12,14,17H,4,9H2,1-3H3. The molecule has 96 valence electrons. The van der Waals surface area contributed by atoms with Crippen molar-refractivity contribution in [2.24, 2.45) is 5.41 Å². The predicted molar refractivity (Wildman–Crippen MR) is 72.7 cm³/mol. The van der Waals surface area contributed by atoms with Gasteiger partial charge in [-0.3, -0.25) is 0 Å². The van der Waals surface area contributed by atoms with Crippen molar-refractivity contribution in [3.05, 3.63) is 35.6 Å². The van der Waals surface area contributed by atoms with Gasteiger partial charge in [-0.15, -0.1) is 0 Å². The lowest BCUT2D eigenvalue weighted by Gasteiger charge is -2.48. The quantitative estimate of drug-likeness (QED) is 0.870. The van der Waals surface area contributed by atoms with Crippen LogP contribution in [0.15, 0.2) is 28.7 Å². The second-order valence-corrected chi connectivity index (χ2v) is 5.92. The summed E-state index contributed by atoms with van der Waals surface area (Å²) >= 11 is 0. The summed E-state index contributed by atoms with van der Waals surface area (Å²) in [4.78, 5) is 0. The molecule has 0 amide bonds. The van der Waals surface area contributed by atoms with E-state index in [1.807, 2.05) is 12.1 Å². The van der Waals surface area contributed by atoms with Gasteiger partial charge in [0.05, 0.1) is 6.10 Å². The molecule has 1 N–H and O–H groups in total. The molecular weight excluding hydrogens is 224 g/mol. The van der Waals surface area contributed by atoms with Gasteiger partial charge in [0.25, 0.3) is 0 Å². The fraction of sp³-hybridized carbons (Fsp3) is 0.500. The summed E-state index contributed by atoms with van der Waals surface area (Å²) in [7, 11) is 0. The molecule has 1 aromatic carbocycles. The average molecular weight is 244 g/mol. The van der Waals surface area contributed by atoms with E-state index in [9.17, 15) is 5.11 Å². The van der Waals surface area contributed by atoms with E-state index >= 15 is 0 Å². The number of fused-ring (bicyclic) bond motifs is 1. The molecule has 0 aliphatic heterocycles. The van der Waals surface area contributed by atoms with Crippen LogP contribution in [0.5, 0.6) is 0 Å². The van der Waals surface area contributed by atoms with Gasteiger partial charge in [-0.25, -0.2) is 0 Å². The number of hydrogen-bond donors (Lipinski definition) is 1. The first-order chi connectivity index (χ1) is 8.55. The van der Waals surface area contributed by atoms with Crippen LogP contribution >= 0.6 is 0 Å². The first-order valence-electron chi connectivity index (χ1n) is 6.74. The van der Waals surface area contributed by atoms with E-state index in [2.05, 4.69) is 32.9 Å². The molecule has 0 bridgehead atoms. The van der Waals surface area contributed by atoms with E-state index in [1.165, 1.54) is 10.9 Å². The summed E-state index contributed by atoms with van der Waals surface area (Å²) in [5.74, 6) is 1.43. The second-order valence-electron chi connectivity index (χ2n) is 5.92. The van der Waals surface area contributed by atoms with E-state index in [-0.39, 0.29) is 11.5 Å². The molecule has 0 spiro atoms. The van der Waals surface area contributed by atoms with Crippen LogP contribution < -0.4 is 0 Å². The van der Waals surface area contributed by atoms with Gasteiger partial charge in [0.1, 0.15) is 11.3 Å². The normalized spacial score (nSPS) is 26.2. The Balaban J connectivity index is 2.13. The third-order valence-electron chi connectivity index (χ3n) is 4.62. The molecule has 3 rings (SSSR count). The third-order valence-corrected chi connectivity index (χ3v) is 4.62. The summed E-state index contributed by atoms with van der Waals surface area (Å²) < 4.78 is 6.07. The second kappa shape index (κ2) is 3.86. The van der Waals surface area contributed by atoms with Crippen molar-refractivity contribution in [1.29, 1.82) is 0 Å². The third kappa shape index (κ3) is 1.45. The van der Waals surface area contributed by atoms with Gasteiger partial charge >= 0.3 is 0 Å². The highest BCUT2D eigenvalue weighted by atomic mass is 16.3. The maximum Gasteiger partial charge on any atom is 0.134 e. The largest absolute Gasteiger partial charge is 0.460 e. The van der Waals surface area contributed by atoms with E-state index in [0.717, 1.165) is 24.2 Å². The lowest BCUT2D eigenvalue weighted by atomic mass is 9.59. The molecule has 2 nitrogen and oxygen atoms in total. The maximum atomic E-state index is 9.90. The summed E-state index contributed by atoms with van der Waals surface area (Å²) in [6, 6.07) is 8.22. The number of benzene rings is 1. The Morgan fingerprint density at radius 2 is 2.06 bits per heavy atom. The fourth-order valence-electron chi connectivity index (χ4n) is 3.11. The van der Waals surface area contributed by atoms with E-state index in [1.54, 1.807) is 0 Å². The summed E-state index contributed by atoms with van der Waals surface area (Å²) in [5.41, 5.74) is 2.22. The average Bonchev–Trinajstić information content (AvgIpc) is 2.73. The van der Waals surface area contributed by atoms with Crippen molar-refractivity contribution >= 4 is 11.0 Å². The Morgan fingerprint density at radius 1 is 1.33 bits per heavy atom. The highest BCUT2D eigenvalue weighted by Gasteiger charge is 2.50. The minimum atomic E-state index is -0.208. The van der Waals surface area contributed by atoms with Crippen LogP contribution in [0.2, 0.25) is 0 Å². The molecule has 0 saturated heterocycles. The minimum absolute atomic E-state index is 0.0716. The summed E-state index contributed by atoms with van der Waals surface area (Å²) in [6.45, 7) is 6.42. The summed E-state index contributed by atoms with van der Waals surface area (Å²) in [6.07, 6.45) is 1.59. The van der Waals surface area contributed by atoms with Crippen LogP contribution in [-0.2, 0) is 6.42 Å². The summed E-state index contributed by atoms with van der Waals surface area (Å²) in [5, 5.41) is 11.1. The SMILES string of the molecule is CCc1c(C2CC(O)C2(C)C)oc2ccccc12. The zero-order valence-corrected chi connectivity index (χ0v) is 11.2. The van der Waals surface area contributed by atoms with E-state index < -0.39 is 0 Å². The molecular formula is C16H20O2. The van der Waals surface area contributed by atoms with E-state index in [4.69, 9.17) is 4.42 Å². The first kappa shape index (κ1) is 11.8. The minimum Gasteiger partial charge on any atom is -0.460 e. The van der Waals surface area contributed by atoms with Crippen molar-refractivity contribution in [1.82, 2.24) is 0 Å². The number of hydrogen-bond acceptors (Lipinski definition) is 2. The molecule has 2 atom stereocenters. The van der Waals surface area contributed by atoms with Crippen molar-refractivity contribution in [2.45, 2.75) is 45.6 Å². The molecule has 2 unspecified atom stereocenters. The maximum absolute atomic E-state index is 9.90. The van der Waals surface area contributed by atoms with Crippen LogP contribution in [-0.4, -0.2) is 11.2 Å². The molecule has 2 heteroatoms. The zero-order chi connectivity index (χ0) is 12.9. The molecule has 1 aromatic heterocycles. The highest BCUT2D eigenvalue weighted by Crippen LogP contribution is 2.54. The molecule has 18 heavy (non-hydrogen) atoms. The van der Waals surface area contributed by atoms with Crippen molar-refractivity contribution in [3.63, 3.8) is 0 Å². The van der Waals surface area contributed by atoms with Crippen molar-refractivity contribution in [2.75, 3.05) is 0 Å². The van der Waals surface area contributed by atoms with E-state index in [0.29, 0.717) is 5.92 Å². The Kier molecular flexibility index (Phi) is 2.53. The van der Waals surface area contributed by atoms with Crippen molar-refractivity contribution in [3.8, 4) is 0 Å². The Labute approximate surface area is 108 Å². The molecule has 1 aliphatic carbocycles. The lowest BCUT2D eigenvalue weighted by Crippen LogP contribution is -2.47. The number of para-hydroxylation sites is 1. The number of aryl methyl sites for hydroxylation is 1. The monoisotopic (exact) mass is 244 g/mol. The molecule has 1 heterocycles. The number of aliphatic hydroxyl groups excluding tert-OH is 1. The van der Waals surface area contributed by atoms with Crippen LogP contribution in [0.25, 0.3) is 11.0 Å². The molecule has 1 saturated carbocycles. The van der Waals surface area contributed by atoms with Crippen LogP contribution in [0, 0.1) is 5.41 Å². The van der Waals surface area contributed by atoms with Crippen LogP contribution in [0.1, 0.15) is 44.4 Å². The predicted octanol–water partition coefficient (Wildman–Crippen LogP) is 3.87. The highest BCUT2D eigenvalue weighted by molar-refractivity contribution is 5.82. The lowest BCUT2D eigenvalue weighted by molar-refractivity contribution is -0.0688. The number of aliphatic hydroxyl groups is 1. The van der Waals surface area contributed by atoms with Gasteiger partial charge in [0, 0.05) is 22.3 Å². The van der Waals surface area contributed by atoms with Gasteiger partial charge in [0.2, 0.25) is 0 Å². The van der Waals surface area contributed by atoms with Gasteiger partial charge < -0.3 is 9.52 Å². The smallest absolute Gasteiger partial charge is 0.134 e. The van der Waals surface area contributed by atoms with Gasteiger partial charge in [0.15, 0.2) is 0 Å².